The number of carbonyl (C=O) groups is 2. The van der Waals surface area contributed by atoms with E-state index in [4.69, 9.17) is 4.74 Å². The second kappa shape index (κ2) is 6.97. The van der Waals surface area contributed by atoms with Gasteiger partial charge in [0.15, 0.2) is 0 Å². The van der Waals surface area contributed by atoms with Gasteiger partial charge >= 0.3 is 0 Å². The highest BCUT2D eigenvalue weighted by molar-refractivity contribution is 6.04. The number of hydrogen-bond donors (Lipinski definition) is 1. The number of anilines is 1. The van der Waals surface area contributed by atoms with Crippen molar-refractivity contribution in [1.29, 1.82) is 0 Å². The number of methoxy groups -OCH3 is 1. The summed E-state index contributed by atoms with van der Waals surface area (Å²) in [6.07, 6.45) is 0.599. The molecule has 0 radical (unpaired) electrons. The molecular weight excluding hydrogens is 316 g/mol. The highest BCUT2D eigenvalue weighted by Gasteiger charge is 2.33. The van der Waals surface area contributed by atoms with Crippen LogP contribution in [0.25, 0.3) is 0 Å². The molecule has 1 saturated heterocycles. The Balaban J connectivity index is 1.71. The minimum absolute atomic E-state index is 0.0699. The maximum absolute atomic E-state index is 12.7. The van der Waals surface area contributed by atoms with Gasteiger partial charge in [0.2, 0.25) is 5.91 Å². The molecule has 25 heavy (non-hydrogen) atoms. The fourth-order valence-corrected chi connectivity index (χ4v) is 2.97. The van der Waals surface area contributed by atoms with Crippen molar-refractivity contribution in [3.63, 3.8) is 0 Å². The molecule has 0 aromatic heterocycles. The lowest BCUT2D eigenvalue weighted by atomic mass is 10.1. The number of hydrogen-bond acceptors (Lipinski definition) is 3. The quantitative estimate of drug-likeness (QED) is 0.932. The molecule has 2 amide bonds. The van der Waals surface area contributed by atoms with Gasteiger partial charge in [-0.3, -0.25) is 9.59 Å². The lowest BCUT2D eigenvalue weighted by molar-refractivity contribution is -0.118. The van der Waals surface area contributed by atoms with Gasteiger partial charge in [0.1, 0.15) is 11.8 Å². The number of aryl methyl sites for hydroxylation is 2. The lowest BCUT2D eigenvalue weighted by Gasteiger charge is -2.18. The number of nitrogens with one attached hydrogen (secondary N) is 1. The smallest absolute Gasteiger partial charge is 0.252 e. The number of rotatable bonds is 4. The van der Waals surface area contributed by atoms with Crippen LogP contribution in [0.4, 0.5) is 5.69 Å². The van der Waals surface area contributed by atoms with Gasteiger partial charge in [0, 0.05) is 17.8 Å². The van der Waals surface area contributed by atoms with E-state index in [0.29, 0.717) is 24.3 Å². The van der Waals surface area contributed by atoms with Crippen molar-refractivity contribution in [2.75, 3.05) is 18.6 Å². The summed E-state index contributed by atoms with van der Waals surface area (Å²) in [6, 6.07) is 12.4. The fourth-order valence-electron chi connectivity index (χ4n) is 2.97. The predicted molar refractivity (Wildman–Crippen MR) is 97.1 cm³/mol. The summed E-state index contributed by atoms with van der Waals surface area (Å²) in [5.41, 5.74) is 3.70. The minimum Gasteiger partial charge on any atom is -0.497 e. The summed E-state index contributed by atoms with van der Waals surface area (Å²) in [4.78, 5) is 26.8. The first-order valence-corrected chi connectivity index (χ1v) is 8.33. The number of amides is 2. The topological polar surface area (TPSA) is 58.6 Å². The van der Waals surface area contributed by atoms with Crippen LogP contribution in [0.1, 0.15) is 27.9 Å². The van der Waals surface area contributed by atoms with Crippen molar-refractivity contribution in [2.24, 2.45) is 0 Å². The van der Waals surface area contributed by atoms with Gasteiger partial charge in [-0.1, -0.05) is 12.1 Å². The average Bonchev–Trinajstić information content (AvgIpc) is 2.98. The Labute approximate surface area is 147 Å². The summed E-state index contributed by atoms with van der Waals surface area (Å²) < 4.78 is 5.14. The Kier molecular flexibility index (Phi) is 4.74. The molecule has 130 valence electrons. The van der Waals surface area contributed by atoms with Crippen LogP contribution in [0.2, 0.25) is 0 Å². The second-order valence-corrected chi connectivity index (χ2v) is 6.31. The van der Waals surface area contributed by atoms with Crippen LogP contribution in [0, 0.1) is 13.8 Å². The van der Waals surface area contributed by atoms with Gasteiger partial charge in [-0.2, -0.15) is 0 Å². The third kappa shape index (κ3) is 3.50. The van der Waals surface area contributed by atoms with E-state index in [-0.39, 0.29) is 11.8 Å². The standard InChI is InChI=1S/C20H22N2O3/c1-13-7-8-16(11-14(13)2)22-10-9-18(20(22)24)21-19(23)15-5-4-6-17(12-15)25-3/h4-8,11-12,18H,9-10H2,1-3H3,(H,21,23)/t18-/m0/s1. The van der Waals surface area contributed by atoms with Crippen LogP contribution >= 0.6 is 0 Å². The monoisotopic (exact) mass is 338 g/mol. The first-order valence-electron chi connectivity index (χ1n) is 8.33. The van der Waals surface area contributed by atoms with Crippen LogP contribution in [-0.4, -0.2) is 31.5 Å². The lowest BCUT2D eigenvalue weighted by Crippen LogP contribution is -2.41. The van der Waals surface area contributed by atoms with Crippen molar-refractivity contribution in [3.05, 3.63) is 59.2 Å². The summed E-state index contributed by atoms with van der Waals surface area (Å²) in [7, 11) is 1.55. The van der Waals surface area contributed by atoms with Crippen LogP contribution in [0.3, 0.4) is 0 Å². The van der Waals surface area contributed by atoms with E-state index < -0.39 is 6.04 Å². The Morgan fingerprint density at radius 1 is 1.16 bits per heavy atom. The SMILES string of the molecule is COc1cccc(C(=O)N[C@H]2CCN(c3ccc(C)c(C)c3)C2=O)c1. The highest BCUT2D eigenvalue weighted by atomic mass is 16.5. The van der Waals surface area contributed by atoms with Gasteiger partial charge in [-0.15, -0.1) is 0 Å². The molecule has 1 heterocycles. The number of carbonyl (C=O) groups excluding carboxylic acids is 2. The van der Waals surface area contributed by atoms with Crippen molar-refractivity contribution in [2.45, 2.75) is 26.3 Å². The molecule has 1 aliphatic rings. The maximum atomic E-state index is 12.7. The van der Waals surface area contributed by atoms with Crippen molar-refractivity contribution < 1.29 is 14.3 Å². The minimum atomic E-state index is -0.500. The molecule has 2 aromatic rings. The molecule has 5 nitrogen and oxygen atoms in total. The van der Waals surface area contributed by atoms with Crippen LogP contribution in [0.5, 0.6) is 5.75 Å². The molecule has 3 rings (SSSR count). The zero-order valence-corrected chi connectivity index (χ0v) is 14.7. The molecule has 2 aromatic carbocycles. The normalized spacial score (nSPS) is 16.8. The van der Waals surface area contributed by atoms with E-state index in [9.17, 15) is 9.59 Å². The Hall–Kier alpha value is -2.82. The molecule has 0 spiro atoms. The molecule has 1 aliphatic heterocycles. The first-order chi connectivity index (χ1) is 12.0. The van der Waals surface area contributed by atoms with Gasteiger partial charge in [0.25, 0.3) is 5.91 Å². The summed E-state index contributed by atoms with van der Waals surface area (Å²) in [5.74, 6) is 0.279. The van der Waals surface area contributed by atoms with E-state index >= 15 is 0 Å². The average molecular weight is 338 g/mol. The highest BCUT2D eigenvalue weighted by Crippen LogP contribution is 2.24. The maximum Gasteiger partial charge on any atom is 0.252 e. The molecule has 1 fully saturated rings. The van der Waals surface area contributed by atoms with Crippen molar-refractivity contribution in [3.8, 4) is 5.75 Å². The van der Waals surface area contributed by atoms with E-state index in [1.54, 1.807) is 36.3 Å². The van der Waals surface area contributed by atoms with E-state index in [0.717, 1.165) is 11.3 Å². The van der Waals surface area contributed by atoms with Gasteiger partial charge in [0.05, 0.1) is 7.11 Å². The summed E-state index contributed by atoms with van der Waals surface area (Å²) >= 11 is 0. The van der Waals surface area contributed by atoms with Gasteiger partial charge < -0.3 is 15.0 Å². The van der Waals surface area contributed by atoms with Crippen LogP contribution in [-0.2, 0) is 4.79 Å². The predicted octanol–water partition coefficient (Wildman–Crippen LogP) is 2.85. The summed E-state index contributed by atoms with van der Waals surface area (Å²) in [6.45, 7) is 4.67. The number of benzene rings is 2. The molecule has 0 saturated carbocycles. The van der Waals surface area contributed by atoms with E-state index in [2.05, 4.69) is 5.32 Å². The largest absolute Gasteiger partial charge is 0.497 e. The zero-order chi connectivity index (χ0) is 18.0. The first kappa shape index (κ1) is 17.0. The van der Waals surface area contributed by atoms with Gasteiger partial charge in [-0.25, -0.2) is 0 Å². The van der Waals surface area contributed by atoms with Gasteiger partial charge in [-0.05, 0) is 61.7 Å². The van der Waals surface area contributed by atoms with Crippen LogP contribution < -0.4 is 15.0 Å². The Morgan fingerprint density at radius 3 is 2.68 bits per heavy atom. The Morgan fingerprint density at radius 2 is 1.96 bits per heavy atom. The molecule has 0 bridgehead atoms. The number of nitrogens with zero attached hydrogens (tertiary/aromatic N) is 1. The third-order valence-electron chi connectivity index (χ3n) is 4.64. The zero-order valence-electron chi connectivity index (χ0n) is 14.7. The molecule has 0 unspecified atom stereocenters. The third-order valence-corrected chi connectivity index (χ3v) is 4.64. The van der Waals surface area contributed by atoms with E-state index in [1.165, 1.54) is 5.56 Å². The Bertz CT molecular complexity index is 816. The summed E-state index contributed by atoms with van der Waals surface area (Å²) in [5, 5.41) is 2.84. The fraction of sp³-hybridized carbons (Fsp3) is 0.300. The second-order valence-electron chi connectivity index (χ2n) is 6.31. The molecule has 1 atom stereocenters. The molecular formula is C20H22N2O3. The number of ether oxygens (including phenoxy) is 1. The van der Waals surface area contributed by atoms with E-state index in [1.807, 2.05) is 32.0 Å². The van der Waals surface area contributed by atoms with Crippen molar-refractivity contribution in [1.82, 2.24) is 5.32 Å². The van der Waals surface area contributed by atoms with Crippen LogP contribution in [0.15, 0.2) is 42.5 Å². The molecule has 0 aliphatic carbocycles. The molecule has 5 heteroatoms. The van der Waals surface area contributed by atoms with Crippen molar-refractivity contribution >= 4 is 17.5 Å². The molecule has 1 N–H and O–H groups in total.